The molecule has 168 valence electrons. The molecule has 1 aliphatic rings. The molecule has 0 spiro atoms. The van der Waals surface area contributed by atoms with Gasteiger partial charge in [-0.3, -0.25) is 0 Å². The van der Waals surface area contributed by atoms with E-state index in [2.05, 4.69) is 36.0 Å². The zero-order valence-electron chi connectivity index (χ0n) is 19.1. The summed E-state index contributed by atoms with van der Waals surface area (Å²) in [6.45, 7) is 6.82. The van der Waals surface area contributed by atoms with Gasteiger partial charge in [0.15, 0.2) is 0 Å². The first-order valence-corrected chi connectivity index (χ1v) is 10.9. The second-order valence-electron chi connectivity index (χ2n) is 9.03. The van der Waals surface area contributed by atoms with E-state index >= 15 is 0 Å². The number of nitrogens with zero attached hydrogens (tertiary/aromatic N) is 4. The lowest BCUT2D eigenvalue weighted by Crippen LogP contribution is -2.34. The van der Waals surface area contributed by atoms with Crippen molar-refractivity contribution in [1.29, 1.82) is 0 Å². The Morgan fingerprint density at radius 3 is 2.72 bits per heavy atom. The van der Waals surface area contributed by atoms with Gasteiger partial charge in [-0.2, -0.15) is 5.10 Å². The van der Waals surface area contributed by atoms with E-state index < -0.39 is 0 Å². The molecule has 2 atom stereocenters. The van der Waals surface area contributed by atoms with Crippen LogP contribution in [0.3, 0.4) is 0 Å². The minimum absolute atomic E-state index is 0.00650. The van der Waals surface area contributed by atoms with Crippen LogP contribution in [0.25, 0.3) is 0 Å². The van der Waals surface area contributed by atoms with Crippen molar-refractivity contribution < 1.29 is 14.3 Å². The van der Waals surface area contributed by atoms with Crippen LogP contribution in [-0.4, -0.2) is 33.7 Å². The summed E-state index contributed by atoms with van der Waals surface area (Å²) < 4.78 is 13.5. The van der Waals surface area contributed by atoms with Gasteiger partial charge in [0.1, 0.15) is 36.9 Å². The zero-order chi connectivity index (χ0) is 22.6. The molecule has 0 saturated carbocycles. The first-order chi connectivity index (χ1) is 15.4. The van der Waals surface area contributed by atoms with E-state index in [0.29, 0.717) is 13.0 Å². The van der Waals surface area contributed by atoms with Crippen LogP contribution in [0.1, 0.15) is 44.4 Å². The zero-order valence-corrected chi connectivity index (χ0v) is 19.1. The van der Waals surface area contributed by atoms with Gasteiger partial charge in [0, 0.05) is 23.8 Å². The molecule has 7 nitrogen and oxygen atoms in total. The van der Waals surface area contributed by atoms with E-state index in [-0.39, 0.29) is 17.6 Å². The number of benzene rings is 2. The number of methoxy groups -OCH3 is 1. The van der Waals surface area contributed by atoms with Crippen LogP contribution in [0, 0.1) is 5.41 Å². The van der Waals surface area contributed by atoms with Gasteiger partial charge >= 0.3 is 0 Å². The Morgan fingerprint density at radius 2 is 2.03 bits per heavy atom. The van der Waals surface area contributed by atoms with Crippen LogP contribution in [0.15, 0.2) is 66.3 Å². The number of aromatic nitrogens is 3. The maximum Gasteiger partial charge on any atom is 0.142 e. The van der Waals surface area contributed by atoms with Crippen LogP contribution < -0.4 is 9.47 Å². The van der Waals surface area contributed by atoms with Crippen molar-refractivity contribution in [3.05, 3.63) is 72.3 Å². The Kier molecular flexibility index (Phi) is 6.44. The van der Waals surface area contributed by atoms with Crippen molar-refractivity contribution in [1.82, 2.24) is 14.8 Å². The average Bonchev–Trinajstić information content (AvgIpc) is 3.44. The maximum absolute atomic E-state index is 6.26. The fraction of sp³-hybridized carbons (Fsp3) is 0.400. The molecule has 2 heterocycles. The second-order valence-corrected chi connectivity index (χ2v) is 9.03. The molecular formula is C25H30N4O3. The summed E-state index contributed by atoms with van der Waals surface area (Å²) in [5.41, 5.74) is 2.89. The van der Waals surface area contributed by atoms with Crippen molar-refractivity contribution in [2.75, 3.05) is 7.11 Å². The third-order valence-corrected chi connectivity index (χ3v) is 5.57. The highest BCUT2D eigenvalue weighted by molar-refractivity contribution is 5.92. The maximum atomic E-state index is 6.26. The summed E-state index contributed by atoms with van der Waals surface area (Å²) >= 11 is 0. The van der Waals surface area contributed by atoms with E-state index in [1.165, 1.54) is 0 Å². The normalized spacial score (nSPS) is 16.9. The van der Waals surface area contributed by atoms with Crippen LogP contribution in [0.2, 0.25) is 0 Å². The van der Waals surface area contributed by atoms with Gasteiger partial charge < -0.3 is 14.3 Å². The minimum atomic E-state index is -0.234. The fourth-order valence-electron chi connectivity index (χ4n) is 3.98. The molecule has 1 aromatic heterocycles. The average molecular weight is 435 g/mol. The highest BCUT2D eigenvalue weighted by Crippen LogP contribution is 2.36. The van der Waals surface area contributed by atoms with Crippen molar-refractivity contribution in [2.45, 2.75) is 52.4 Å². The van der Waals surface area contributed by atoms with Gasteiger partial charge in [-0.05, 0) is 23.8 Å². The lowest BCUT2D eigenvalue weighted by Gasteiger charge is -2.29. The number of fused-ring (bicyclic) bond motifs is 1. The summed E-state index contributed by atoms with van der Waals surface area (Å²) in [5, 5.41) is 9.05. The molecule has 0 N–H and O–H groups in total. The molecule has 32 heavy (non-hydrogen) atoms. The molecule has 4 rings (SSSR count). The molecule has 0 aliphatic carbocycles. The molecule has 7 heteroatoms. The molecule has 0 bridgehead atoms. The first-order valence-electron chi connectivity index (χ1n) is 10.9. The standard InChI is InChI=1S/C25H30N4O3/c1-25(2,3)24(28-31-15-18-8-6-5-7-9-18)22(29-17-26-16-27-29)14-21-13-19-12-20(30-4)10-11-23(19)32-21/h5-12,16-17,21-22H,13-15H2,1-4H3. The highest BCUT2D eigenvalue weighted by Gasteiger charge is 2.35. The third kappa shape index (κ3) is 5.10. The van der Waals surface area contributed by atoms with Gasteiger partial charge in [0.05, 0.1) is 18.9 Å². The molecule has 2 unspecified atom stereocenters. The van der Waals surface area contributed by atoms with E-state index in [0.717, 1.165) is 34.8 Å². The van der Waals surface area contributed by atoms with Crippen molar-refractivity contribution in [2.24, 2.45) is 10.6 Å². The van der Waals surface area contributed by atoms with Gasteiger partial charge in [-0.25, -0.2) is 9.67 Å². The Balaban J connectivity index is 1.56. The molecule has 0 radical (unpaired) electrons. The molecule has 0 amide bonds. The fourth-order valence-corrected chi connectivity index (χ4v) is 3.98. The number of rotatable bonds is 8. The summed E-state index contributed by atoms with van der Waals surface area (Å²) in [7, 11) is 1.68. The molecule has 0 fully saturated rings. The Bertz CT molecular complexity index is 1040. The molecule has 2 aromatic carbocycles. The van der Waals surface area contributed by atoms with Crippen molar-refractivity contribution >= 4 is 5.71 Å². The van der Waals surface area contributed by atoms with Crippen molar-refractivity contribution in [3.63, 3.8) is 0 Å². The molecule has 1 aliphatic heterocycles. The third-order valence-electron chi connectivity index (χ3n) is 5.57. The van der Waals surface area contributed by atoms with Gasteiger partial charge in [0.25, 0.3) is 0 Å². The topological polar surface area (TPSA) is 70.8 Å². The van der Waals surface area contributed by atoms with Crippen LogP contribution in [-0.2, 0) is 17.9 Å². The van der Waals surface area contributed by atoms with Crippen LogP contribution in [0.5, 0.6) is 11.5 Å². The Labute approximate surface area is 189 Å². The number of ether oxygens (including phenoxy) is 2. The van der Waals surface area contributed by atoms with Crippen molar-refractivity contribution in [3.8, 4) is 11.5 Å². The molecule has 3 aromatic rings. The molecular weight excluding hydrogens is 404 g/mol. The first kappa shape index (κ1) is 21.9. The molecule has 0 saturated heterocycles. The summed E-state index contributed by atoms with van der Waals surface area (Å²) in [6.07, 6.45) is 4.78. The Hall–Kier alpha value is -3.35. The minimum Gasteiger partial charge on any atom is -0.497 e. The quantitative estimate of drug-likeness (QED) is 0.375. The Morgan fingerprint density at radius 1 is 1.22 bits per heavy atom. The second kappa shape index (κ2) is 9.42. The van der Waals surface area contributed by atoms with E-state index in [1.54, 1.807) is 19.8 Å². The highest BCUT2D eigenvalue weighted by atomic mass is 16.6. The van der Waals surface area contributed by atoms with E-state index in [9.17, 15) is 0 Å². The van der Waals surface area contributed by atoms with Gasteiger partial charge in [-0.1, -0.05) is 56.3 Å². The SMILES string of the molecule is COc1ccc2c(c1)CC(CC(C(=NOCc1ccccc1)C(C)(C)C)n1cncn1)O2. The summed E-state index contributed by atoms with van der Waals surface area (Å²) in [6, 6.07) is 15.8. The lowest BCUT2D eigenvalue weighted by atomic mass is 9.83. The van der Waals surface area contributed by atoms with Gasteiger partial charge in [0.2, 0.25) is 0 Å². The summed E-state index contributed by atoms with van der Waals surface area (Å²) in [5.74, 6) is 1.75. The van der Waals surface area contributed by atoms with Crippen LogP contribution in [0.4, 0.5) is 0 Å². The van der Waals surface area contributed by atoms with E-state index in [4.69, 9.17) is 14.3 Å². The smallest absolute Gasteiger partial charge is 0.142 e. The largest absolute Gasteiger partial charge is 0.497 e. The number of hydrogen-bond donors (Lipinski definition) is 0. The summed E-state index contributed by atoms with van der Waals surface area (Å²) in [4.78, 5) is 9.98. The number of oxime groups is 1. The van der Waals surface area contributed by atoms with Gasteiger partial charge in [-0.15, -0.1) is 0 Å². The van der Waals surface area contributed by atoms with Crippen LogP contribution >= 0.6 is 0 Å². The predicted octanol–water partition coefficient (Wildman–Crippen LogP) is 4.84. The monoisotopic (exact) mass is 434 g/mol. The number of hydrogen-bond acceptors (Lipinski definition) is 6. The predicted molar refractivity (Wildman–Crippen MR) is 123 cm³/mol. The van der Waals surface area contributed by atoms with E-state index in [1.807, 2.05) is 53.2 Å². The lowest BCUT2D eigenvalue weighted by molar-refractivity contribution is 0.123.